The van der Waals surface area contributed by atoms with Crippen molar-refractivity contribution in [2.24, 2.45) is 5.73 Å². The Kier molecular flexibility index (Phi) is 3.74. The van der Waals surface area contributed by atoms with Crippen molar-refractivity contribution in [1.29, 1.82) is 0 Å². The van der Waals surface area contributed by atoms with Gasteiger partial charge in [0.2, 0.25) is 0 Å². The zero-order valence-electron chi connectivity index (χ0n) is 9.86. The molecule has 0 radical (unpaired) electrons. The van der Waals surface area contributed by atoms with Gasteiger partial charge in [0.15, 0.2) is 0 Å². The molecule has 1 aromatic heterocycles. The van der Waals surface area contributed by atoms with E-state index in [1.165, 1.54) is 0 Å². The Morgan fingerprint density at radius 3 is 2.78 bits per heavy atom. The molecule has 5 nitrogen and oxygen atoms in total. The SMILES string of the molecule is NC(CC(=O)O)c1cnn(Cc2ccccc2)c1. The van der Waals surface area contributed by atoms with Crippen molar-refractivity contribution < 1.29 is 9.90 Å². The van der Waals surface area contributed by atoms with Gasteiger partial charge in [0.05, 0.1) is 19.2 Å². The summed E-state index contributed by atoms with van der Waals surface area (Å²) >= 11 is 0. The lowest BCUT2D eigenvalue weighted by molar-refractivity contribution is -0.137. The number of aliphatic carboxylic acids is 1. The molecule has 0 saturated carbocycles. The first-order valence-corrected chi connectivity index (χ1v) is 5.69. The number of hydrogen-bond acceptors (Lipinski definition) is 3. The summed E-state index contributed by atoms with van der Waals surface area (Å²) in [7, 11) is 0. The van der Waals surface area contributed by atoms with Crippen molar-refractivity contribution in [2.75, 3.05) is 0 Å². The van der Waals surface area contributed by atoms with Crippen molar-refractivity contribution in [1.82, 2.24) is 9.78 Å². The van der Waals surface area contributed by atoms with E-state index >= 15 is 0 Å². The number of nitrogens with zero attached hydrogens (tertiary/aromatic N) is 2. The van der Waals surface area contributed by atoms with Crippen LogP contribution in [0.25, 0.3) is 0 Å². The Bertz CT molecular complexity index is 522. The third kappa shape index (κ3) is 3.18. The van der Waals surface area contributed by atoms with Gasteiger partial charge in [0.25, 0.3) is 0 Å². The molecule has 2 rings (SSSR count). The fourth-order valence-electron chi connectivity index (χ4n) is 1.73. The molecule has 18 heavy (non-hydrogen) atoms. The summed E-state index contributed by atoms with van der Waals surface area (Å²) in [5.41, 5.74) is 7.65. The molecule has 0 spiro atoms. The number of rotatable bonds is 5. The molecule has 94 valence electrons. The molecule has 0 fully saturated rings. The molecule has 0 aliphatic heterocycles. The first-order chi connectivity index (χ1) is 8.65. The molecule has 2 aromatic rings. The van der Waals surface area contributed by atoms with E-state index in [1.54, 1.807) is 17.1 Å². The maximum atomic E-state index is 10.6. The predicted octanol–water partition coefficient (Wildman–Crippen LogP) is 1.41. The maximum Gasteiger partial charge on any atom is 0.305 e. The number of hydrogen-bond donors (Lipinski definition) is 2. The predicted molar refractivity (Wildman–Crippen MR) is 67.0 cm³/mol. The van der Waals surface area contributed by atoms with Crippen molar-refractivity contribution in [3.05, 3.63) is 53.9 Å². The second-order valence-corrected chi connectivity index (χ2v) is 4.16. The molecule has 1 unspecified atom stereocenters. The third-order valence-corrected chi connectivity index (χ3v) is 2.66. The van der Waals surface area contributed by atoms with Crippen LogP contribution in [0.5, 0.6) is 0 Å². The highest BCUT2D eigenvalue weighted by molar-refractivity contribution is 5.67. The number of aromatic nitrogens is 2. The van der Waals surface area contributed by atoms with Crippen LogP contribution in [-0.4, -0.2) is 20.9 Å². The molecule has 1 atom stereocenters. The molecular formula is C13H15N3O2. The molecule has 3 N–H and O–H groups in total. The van der Waals surface area contributed by atoms with Crippen LogP contribution in [0.3, 0.4) is 0 Å². The first-order valence-electron chi connectivity index (χ1n) is 5.69. The topological polar surface area (TPSA) is 81.1 Å². The van der Waals surface area contributed by atoms with E-state index in [0.29, 0.717) is 6.54 Å². The van der Waals surface area contributed by atoms with E-state index in [0.717, 1.165) is 11.1 Å². The summed E-state index contributed by atoms with van der Waals surface area (Å²) in [5.74, 6) is -0.904. The van der Waals surface area contributed by atoms with E-state index in [2.05, 4.69) is 5.10 Å². The van der Waals surface area contributed by atoms with E-state index in [1.807, 2.05) is 30.3 Å². The highest BCUT2D eigenvalue weighted by atomic mass is 16.4. The van der Waals surface area contributed by atoms with Gasteiger partial charge < -0.3 is 10.8 Å². The van der Waals surface area contributed by atoms with Gasteiger partial charge in [-0.3, -0.25) is 9.48 Å². The van der Waals surface area contributed by atoms with Gasteiger partial charge in [-0.1, -0.05) is 30.3 Å². The minimum Gasteiger partial charge on any atom is -0.481 e. The molecule has 0 bridgehead atoms. The number of benzene rings is 1. The highest BCUT2D eigenvalue weighted by Crippen LogP contribution is 2.13. The van der Waals surface area contributed by atoms with Crippen molar-refractivity contribution in [2.45, 2.75) is 19.0 Å². The third-order valence-electron chi connectivity index (χ3n) is 2.66. The Labute approximate surface area is 105 Å². The summed E-state index contributed by atoms with van der Waals surface area (Å²) < 4.78 is 1.76. The molecule has 0 aliphatic carbocycles. The van der Waals surface area contributed by atoms with Gasteiger partial charge in [0.1, 0.15) is 0 Å². The number of carboxylic acids is 1. The van der Waals surface area contributed by atoms with Crippen LogP contribution in [0.15, 0.2) is 42.7 Å². The fourth-order valence-corrected chi connectivity index (χ4v) is 1.73. The smallest absolute Gasteiger partial charge is 0.305 e. The van der Waals surface area contributed by atoms with Gasteiger partial charge in [0, 0.05) is 17.8 Å². The first kappa shape index (κ1) is 12.3. The van der Waals surface area contributed by atoms with Crippen LogP contribution in [0, 0.1) is 0 Å². The average Bonchev–Trinajstić information content (AvgIpc) is 2.78. The van der Waals surface area contributed by atoms with Crippen LogP contribution >= 0.6 is 0 Å². The molecule has 0 saturated heterocycles. The van der Waals surface area contributed by atoms with Crippen LogP contribution in [-0.2, 0) is 11.3 Å². The molecular weight excluding hydrogens is 230 g/mol. The van der Waals surface area contributed by atoms with E-state index in [-0.39, 0.29) is 6.42 Å². The summed E-state index contributed by atoms with van der Waals surface area (Å²) in [6, 6.07) is 9.41. The van der Waals surface area contributed by atoms with Crippen molar-refractivity contribution in [3.8, 4) is 0 Å². The van der Waals surface area contributed by atoms with Crippen molar-refractivity contribution >= 4 is 5.97 Å². The summed E-state index contributed by atoms with van der Waals surface area (Å²) in [4.78, 5) is 10.6. The van der Waals surface area contributed by atoms with Crippen LogP contribution in [0.2, 0.25) is 0 Å². The van der Waals surface area contributed by atoms with Gasteiger partial charge >= 0.3 is 5.97 Å². The lowest BCUT2D eigenvalue weighted by Gasteiger charge is -2.05. The zero-order chi connectivity index (χ0) is 13.0. The number of nitrogens with two attached hydrogens (primary N) is 1. The quantitative estimate of drug-likeness (QED) is 0.834. The highest BCUT2D eigenvalue weighted by Gasteiger charge is 2.12. The minimum atomic E-state index is -0.904. The van der Waals surface area contributed by atoms with Crippen LogP contribution < -0.4 is 5.73 Å². The average molecular weight is 245 g/mol. The second kappa shape index (κ2) is 5.46. The van der Waals surface area contributed by atoms with Crippen molar-refractivity contribution in [3.63, 3.8) is 0 Å². The monoisotopic (exact) mass is 245 g/mol. The summed E-state index contributed by atoms with van der Waals surface area (Å²) in [6.45, 7) is 0.653. The zero-order valence-corrected chi connectivity index (χ0v) is 9.86. The molecule has 1 heterocycles. The second-order valence-electron chi connectivity index (χ2n) is 4.16. The Morgan fingerprint density at radius 1 is 1.39 bits per heavy atom. The normalized spacial score (nSPS) is 12.3. The maximum absolute atomic E-state index is 10.6. The standard InChI is InChI=1S/C13H15N3O2/c14-12(6-13(17)18)11-7-15-16(9-11)8-10-4-2-1-3-5-10/h1-5,7,9,12H,6,8,14H2,(H,17,18). The lowest BCUT2D eigenvalue weighted by atomic mass is 10.1. The fraction of sp³-hybridized carbons (Fsp3) is 0.231. The summed E-state index contributed by atoms with van der Waals surface area (Å²) in [5, 5.41) is 12.9. The molecule has 1 aromatic carbocycles. The number of carboxylic acid groups (broad SMARTS) is 1. The lowest BCUT2D eigenvalue weighted by Crippen LogP contribution is -2.14. The van der Waals surface area contributed by atoms with E-state index in [9.17, 15) is 4.79 Å². The van der Waals surface area contributed by atoms with Gasteiger partial charge in [-0.05, 0) is 5.56 Å². The number of carbonyl (C=O) groups is 1. The molecule has 0 amide bonds. The van der Waals surface area contributed by atoms with Gasteiger partial charge in [-0.25, -0.2) is 0 Å². The Balaban J connectivity index is 2.04. The Morgan fingerprint density at radius 2 is 2.11 bits per heavy atom. The van der Waals surface area contributed by atoms with E-state index < -0.39 is 12.0 Å². The minimum absolute atomic E-state index is 0.0863. The molecule has 0 aliphatic rings. The van der Waals surface area contributed by atoms with E-state index in [4.69, 9.17) is 10.8 Å². The largest absolute Gasteiger partial charge is 0.481 e. The van der Waals surface area contributed by atoms with Gasteiger partial charge in [-0.2, -0.15) is 5.10 Å². The molecule has 5 heteroatoms. The Hall–Kier alpha value is -2.14. The van der Waals surface area contributed by atoms with Crippen LogP contribution in [0.4, 0.5) is 0 Å². The van der Waals surface area contributed by atoms with Gasteiger partial charge in [-0.15, -0.1) is 0 Å². The van der Waals surface area contributed by atoms with Crippen LogP contribution in [0.1, 0.15) is 23.6 Å². The summed E-state index contributed by atoms with van der Waals surface area (Å²) in [6.07, 6.45) is 3.33.